The number of sulfonamides is 1. The third-order valence-electron chi connectivity index (χ3n) is 9.25. The maximum absolute atomic E-state index is 14.3. The summed E-state index contributed by atoms with van der Waals surface area (Å²) in [6.07, 6.45) is 1.99. The molecular weight excluding hydrogens is 817 g/mol. The maximum Gasteiger partial charge on any atom is 0.251 e. The van der Waals surface area contributed by atoms with Gasteiger partial charge in [-0.2, -0.15) is 4.72 Å². The summed E-state index contributed by atoms with van der Waals surface area (Å²) >= 11 is 0. The van der Waals surface area contributed by atoms with Crippen LogP contribution in [0.25, 0.3) is 0 Å². The summed E-state index contributed by atoms with van der Waals surface area (Å²) in [7, 11) is -1.77. The summed E-state index contributed by atoms with van der Waals surface area (Å²) < 4.78 is 98.2. The Hall–Kier alpha value is -6.78. The van der Waals surface area contributed by atoms with Crippen LogP contribution in [-0.4, -0.2) is 65.5 Å². The van der Waals surface area contributed by atoms with Crippen molar-refractivity contribution in [1.82, 2.24) is 10.0 Å². The molecule has 3 amide bonds. The molecule has 0 aliphatic carbocycles. The van der Waals surface area contributed by atoms with E-state index in [1.165, 1.54) is 48.3 Å². The van der Waals surface area contributed by atoms with E-state index in [2.05, 4.69) is 23.2 Å². The van der Waals surface area contributed by atoms with Crippen LogP contribution in [0.3, 0.4) is 0 Å². The summed E-state index contributed by atoms with van der Waals surface area (Å²) in [4.78, 5) is 44.4. The molecule has 0 aromatic heterocycles. The summed E-state index contributed by atoms with van der Waals surface area (Å²) in [5.74, 6) is -5.15. The Morgan fingerprint density at radius 2 is 1.07 bits per heavy atom. The molecule has 0 aliphatic heterocycles. The molecule has 0 heterocycles. The third kappa shape index (κ3) is 11.9. The van der Waals surface area contributed by atoms with Crippen LogP contribution in [0.1, 0.15) is 21.5 Å². The molecule has 0 fully saturated rings. The molecule has 0 spiro atoms. The van der Waals surface area contributed by atoms with E-state index in [0.29, 0.717) is 35.0 Å². The lowest BCUT2D eigenvalue weighted by Crippen LogP contribution is -2.50. The molecular formula is C45H42F4N4O7S. The van der Waals surface area contributed by atoms with Gasteiger partial charge in [-0.25, -0.2) is 26.0 Å². The lowest BCUT2D eigenvalue weighted by Gasteiger charge is -2.28. The normalized spacial score (nSPS) is 12.1. The maximum atomic E-state index is 14.3. The number of ether oxygens (including phenoxy) is 2. The number of nitrogens with zero attached hydrogens (tertiary/aromatic N) is 2. The molecule has 0 unspecified atom stereocenters. The van der Waals surface area contributed by atoms with Crippen molar-refractivity contribution in [3.8, 4) is 11.5 Å². The van der Waals surface area contributed by atoms with Crippen molar-refractivity contribution in [3.63, 3.8) is 0 Å². The lowest BCUT2D eigenvalue weighted by atomic mass is 10.0. The number of halogens is 4. The number of hydrogen-bond donors (Lipinski definition) is 2. The van der Waals surface area contributed by atoms with Crippen LogP contribution < -0.4 is 29.3 Å². The molecule has 2 atom stereocenters. The number of amides is 3. The summed E-state index contributed by atoms with van der Waals surface area (Å²) in [6.45, 7) is 7.31. The first-order valence-electron chi connectivity index (χ1n) is 18.6. The molecule has 5 aromatic carbocycles. The van der Waals surface area contributed by atoms with E-state index >= 15 is 0 Å². The fourth-order valence-corrected chi connectivity index (χ4v) is 7.65. The fraction of sp³-hybridized carbons (Fsp3) is 0.178. The number of rotatable bonds is 19. The Morgan fingerprint density at radius 3 is 1.49 bits per heavy atom. The SMILES string of the molecule is C=CCN(C(=O)[C@H](Cc1cc(F)cc(F)c1)NC(=O)c1cccc(S(=O)(=O)N[C@@H](Cc2cc(F)cc(F)c2)C(=O)N(CC=C)c2ccc(OC)cc2)c1)c1ccc(OC)cc1. The van der Waals surface area contributed by atoms with Gasteiger partial charge in [0, 0.05) is 48.6 Å². The van der Waals surface area contributed by atoms with Crippen molar-refractivity contribution in [2.75, 3.05) is 37.1 Å². The second-order valence-electron chi connectivity index (χ2n) is 13.6. The molecule has 11 nitrogen and oxygen atoms in total. The van der Waals surface area contributed by atoms with Gasteiger partial charge in [-0.05, 0) is 109 Å². The number of nitrogens with one attached hydrogen (secondary N) is 2. The minimum atomic E-state index is -4.70. The van der Waals surface area contributed by atoms with Gasteiger partial charge in [-0.1, -0.05) is 18.2 Å². The van der Waals surface area contributed by atoms with E-state index in [0.717, 1.165) is 36.4 Å². The predicted octanol–water partition coefficient (Wildman–Crippen LogP) is 6.93. The van der Waals surface area contributed by atoms with Gasteiger partial charge in [0.25, 0.3) is 5.91 Å². The minimum Gasteiger partial charge on any atom is -0.497 e. The zero-order valence-electron chi connectivity index (χ0n) is 33.1. The largest absolute Gasteiger partial charge is 0.497 e. The molecule has 318 valence electrons. The number of carbonyl (C=O) groups excluding carboxylic acids is 3. The average Bonchev–Trinajstić information content (AvgIpc) is 3.23. The van der Waals surface area contributed by atoms with Crippen molar-refractivity contribution in [2.24, 2.45) is 0 Å². The molecule has 16 heteroatoms. The first kappa shape index (κ1) is 45.3. The summed E-state index contributed by atoms with van der Waals surface area (Å²) in [6, 6.07) is 19.5. The minimum absolute atomic E-state index is 0.0285. The standard InChI is InChI=1S/C45H42F4N4O7S/c1-5-18-52(36-10-14-38(59-3)15-11-36)44(55)41(24-29-20-32(46)27-33(47)21-29)50-43(54)31-8-7-9-40(26-31)61(57,58)51-42(25-30-22-34(48)28-35(49)23-30)45(56)53(19-6-2)37-12-16-39(60-4)17-13-37/h5-17,20-23,26-28,41-42,51H,1-2,18-19,24-25H2,3-4H3,(H,50,54)/t41-,42-/m0/s1. The monoisotopic (exact) mass is 858 g/mol. The summed E-state index contributed by atoms with van der Waals surface area (Å²) in [5.41, 5.74) is 0.487. The highest BCUT2D eigenvalue weighted by molar-refractivity contribution is 7.89. The zero-order valence-corrected chi connectivity index (χ0v) is 33.9. The highest BCUT2D eigenvalue weighted by Gasteiger charge is 2.32. The zero-order chi connectivity index (χ0) is 44.3. The van der Waals surface area contributed by atoms with E-state index in [4.69, 9.17) is 9.47 Å². The van der Waals surface area contributed by atoms with Crippen molar-refractivity contribution in [3.05, 3.63) is 174 Å². The van der Waals surface area contributed by atoms with Gasteiger partial charge in [0.05, 0.1) is 19.1 Å². The van der Waals surface area contributed by atoms with Crippen molar-refractivity contribution in [1.29, 1.82) is 0 Å². The first-order valence-corrected chi connectivity index (χ1v) is 20.1. The van der Waals surface area contributed by atoms with Gasteiger partial charge >= 0.3 is 0 Å². The van der Waals surface area contributed by atoms with Gasteiger partial charge in [-0.15, -0.1) is 13.2 Å². The average molecular weight is 859 g/mol. The van der Waals surface area contributed by atoms with E-state index in [1.54, 1.807) is 48.5 Å². The Balaban J connectivity index is 1.48. The number of hydrogen-bond acceptors (Lipinski definition) is 7. The van der Waals surface area contributed by atoms with Crippen LogP contribution in [-0.2, 0) is 32.5 Å². The van der Waals surface area contributed by atoms with Crippen LogP contribution >= 0.6 is 0 Å². The van der Waals surface area contributed by atoms with Crippen LogP contribution in [0.15, 0.2) is 139 Å². The predicted molar refractivity (Wildman–Crippen MR) is 223 cm³/mol. The van der Waals surface area contributed by atoms with Crippen LogP contribution in [0.4, 0.5) is 28.9 Å². The van der Waals surface area contributed by atoms with Crippen LogP contribution in [0.5, 0.6) is 11.5 Å². The van der Waals surface area contributed by atoms with E-state index in [-0.39, 0.29) is 36.2 Å². The highest BCUT2D eigenvalue weighted by Crippen LogP contribution is 2.24. The van der Waals surface area contributed by atoms with Gasteiger partial charge in [0.1, 0.15) is 46.9 Å². The molecule has 0 aliphatic rings. The Morgan fingerprint density at radius 1 is 0.639 bits per heavy atom. The fourth-order valence-electron chi connectivity index (χ4n) is 6.41. The molecule has 5 rings (SSSR count). The van der Waals surface area contributed by atoms with E-state index in [1.807, 2.05) is 0 Å². The Labute approximate surface area is 351 Å². The second kappa shape index (κ2) is 20.5. The third-order valence-corrected chi connectivity index (χ3v) is 10.7. The topological polar surface area (TPSA) is 134 Å². The van der Waals surface area contributed by atoms with Gasteiger partial charge < -0.3 is 24.6 Å². The molecule has 61 heavy (non-hydrogen) atoms. The molecule has 0 saturated carbocycles. The molecule has 0 bridgehead atoms. The molecule has 5 aromatic rings. The van der Waals surface area contributed by atoms with Crippen molar-refractivity contribution in [2.45, 2.75) is 29.8 Å². The van der Waals surface area contributed by atoms with Crippen molar-refractivity contribution < 1.29 is 49.8 Å². The number of benzene rings is 5. The molecule has 0 radical (unpaired) electrons. The van der Waals surface area contributed by atoms with Crippen LogP contribution in [0, 0.1) is 23.3 Å². The first-order chi connectivity index (χ1) is 29.1. The van der Waals surface area contributed by atoms with Crippen molar-refractivity contribution >= 4 is 39.1 Å². The Bertz CT molecular complexity index is 2460. The number of methoxy groups -OCH3 is 2. The van der Waals surface area contributed by atoms with Gasteiger partial charge in [0.15, 0.2) is 0 Å². The van der Waals surface area contributed by atoms with E-state index in [9.17, 15) is 40.4 Å². The van der Waals surface area contributed by atoms with Crippen LogP contribution in [0.2, 0.25) is 0 Å². The lowest BCUT2D eigenvalue weighted by molar-refractivity contribution is -0.120. The number of carbonyl (C=O) groups is 3. The number of anilines is 2. The van der Waals surface area contributed by atoms with Gasteiger partial charge in [-0.3, -0.25) is 14.4 Å². The summed E-state index contributed by atoms with van der Waals surface area (Å²) in [5, 5.41) is 2.59. The highest BCUT2D eigenvalue weighted by atomic mass is 32.2. The molecule has 2 N–H and O–H groups in total. The van der Waals surface area contributed by atoms with E-state index < -0.39 is 74.4 Å². The van der Waals surface area contributed by atoms with Gasteiger partial charge in [0.2, 0.25) is 21.8 Å². The smallest absolute Gasteiger partial charge is 0.251 e. The Kier molecular flexibility index (Phi) is 15.2. The second-order valence-corrected chi connectivity index (χ2v) is 15.3. The molecule has 0 saturated heterocycles. The quantitative estimate of drug-likeness (QED) is 0.0680.